The molecule has 2 N–H and O–H groups in total. The van der Waals surface area contributed by atoms with E-state index in [2.05, 4.69) is 10.6 Å². The van der Waals surface area contributed by atoms with Crippen molar-refractivity contribution in [2.45, 2.75) is 27.3 Å². The van der Waals surface area contributed by atoms with E-state index in [9.17, 15) is 9.59 Å². The molecule has 0 bridgehead atoms. The van der Waals surface area contributed by atoms with Crippen molar-refractivity contribution in [1.82, 2.24) is 5.32 Å². The highest BCUT2D eigenvalue weighted by Crippen LogP contribution is 2.21. The summed E-state index contributed by atoms with van der Waals surface area (Å²) in [6.07, 6.45) is 0. The van der Waals surface area contributed by atoms with Crippen molar-refractivity contribution in [1.29, 1.82) is 0 Å². The third-order valence-corrected chi connectivity index (χ3v) is 4.18. The highest BCUT2D eigenvalue weighted by molar-refractivity contribution is 7.11. The van der Waals surface area contributed by atoms with Crippen LogP contribution in [0.3, 0.4) is 0 Å². The number of thiophene rings is 1. The maximum atomic E-state index is 12.0. The molecule has 2 aromatic rings. The number of hydrogen-bond donors (Lipinski definition) is 2. The largest absolute Gasteiger partial charge is 0.494 e. The molecule has 0 aliphatic heterocycles. The van der Waals surface area contributed by atoms with Crippen LogP contribution in [0.5, 0.6) is 5.75 Å². The fraction of sp³-hybridized carbons (Fsp3) is 0.294. The van der Waals surface area contributed by atoms with Gasteiger partial charge >= 0.3 is 11.8 Å². The Bertz CT molecular complexity index is 710. The summed E-state index contributed by atoms with van der Waals surface area (Å²) in [6, 6.07) is 9.24. The van der Waals surface area contributed by atoms with E-state index in [4.69, 9.17) is 4.74 Å². The molecule has 0 aliphatic rings. The minimum absolute atomic E-state index is 0.354. The van der Waals surface area contributed by atoms with Crippen molar-refractivity contribution in [3.05, 3.63) is 45.6 Å². The second-order valence-corrected chi connectivity index (χ2v) is 6.43. The van der Waals surface area contributed by atoms with Gasteiger partial charge in [0, 0.05) is 15.4 Å². The summed E-state index contributed by atoms with van der Waals surface area (Å²) in [5, 5.41) is 5.24. The second kappa shape index (κ2) is 7.78. The molecule has 0 atom stereocenters. The molecular weight excluding hydrogens is 312 g/mol. The highest BCUT2D eigenvalue weighted by Gasteiger charge is 2.15. The molecule has 0 unspecified atom stereocenters. The van der Waals surface area contributed by atoms with Crippen LogP contribution in [0, 0.1) is 13.8 Å². The molecule has 0 fully saturated rings. The molecule has 2 amide bonds. The number of anilines is 1. The molecule has 23 heavy (non-hydrogen) atoms. The van der Waals surface area contributed by atoms with Crippen LogP contribution < -0.4 is 15.4 Å². The van der Waals surface area contributed by atoms with Gasteiger partial charge in [-0.15, -0.1) is 11.3 Å². The first-order valence-corrected chi connectivity index (χ1v) is 8.19. The number of aryl methyl sites for hydroxylation is 2. The molecule has 0 spiro atoms. The monoisotopic (exact) mass is 332 g/mol. The van der Waals surface area contributed by atoms with Gasteiger partial charge in [-0.2, -0.15) is 0 Å². The van der Waals surface area contributed by atoms with Crippen LogP contribution in [-0.2, 0) is 16.1 Å². The van der Waals surface area contributed by atoms with E-state index in [0.717, 1.165) is 16.2 Å². The van der Waals surface area contributed by atoms with Gasteiger partial charge in [-0.1, -0.05) is 0 Å². The van der Waals surface area contributed by atoms with Gasteiger partial charge in [-0.3, -0.25) is 9.59 Å². The summed E-state index contributed by atoms with van der Waals surface area (Å²) < 4.78 is 5.39. The minimum Gasteiger partial charge on any atom is -0.494 e. The lowest BCUT2D eigenvalue weighted by Crippen LogP contribution is -2.34. The SMILES string of the molecule is CCOc1ccc(NC(=O)C(=O)NCc2ccc(C)s2)c(C)c1. The number of carbonyl (C=O) groups is 2. The van der Waals surface area contributed by atoms with E-state index in [1.165, 1.54) is 4.88 Å². The van der Waals surface area contributed by atoms with Crippen LogP contribution in [0.4, 0.5) is 5.69 Å². The predicted molar refractivity (Wildman–Crippen MR) is 91.9 cm³/mol. The number of ether oxygens (including phenoxy) is 1. The third kappa shape index (κ3) is 4.82. The smallest absolute Gasteiger partial charge is 0.313 e. The molecule has 0 aliphatic carbocycles. The lowest BCUT2D eigenvalue weighted by atomic mass is 10.2. The standard InChI is InChI=1S/C17H20N2O3S/c1-4-22-13-6-8-15(11(2)9-13)19-17(21)16(20)18-10-14-7-5-12(3)23-14/h5-9H,4,10H2,1-3H3,(H,18,20)(H,19,21). The topological polar surface area (TPSA) is 67.4 Å². The highest BCUT2D eigenvalue weighted by atomic mass is 32.1. The fourth-order valence-corrected chi connectivity index (χ4v) is 2.87. The Morgan fingerprint density at radius 3 is 2.52 bits per heavy atom. The Morgan fingerprint density at radius 2 is 1.91 bits per heavy atom. The molecule has 0 radical (unpaired) electrons. The van der Waals surface area contributed by atoms with Gasteiger partial charge < -0.3 is 15.4 Å². The quantitative estimate of drug-likeness (QED) is 0.827. The zero-order chi connectivity index (χ0) is 16.8. The first kappa shape index (κ1) is 17.0. The van der Waals surface area contributed by atoms with E-state index >= 15 is 0 Å². The zero-order valence-corrected chi connectivity index (χ0v) is 14.3. The number of rotatable bonds is 5. The lowest BCUT2D eigenvalue weighted by Gasteiger charge is -2.10. The van der Waals surface area contributed by atoms with Gasteiger partial charge in [0.1, 0.15) is 5.75 Å². The van der Waals surface area contributed by atoms with Gasteiger partial charge in [0.2, 0.25) is 0 Å². The molecule has 0 saturated carbocycles. The number of carbonyl (C=O) groups excluding carboxylic acids is 2. The summed E-state index contributed by atoms with van der Waals surface area (Å²) in [4.78, 5) is 26.0. The lowest BCUT2D eigenvalue weighted by molar-refractivity contribution is -0.136. The molecule has 1 aromatic carbocycles. The minimum atomic E-state index is -0.675. The van der Waals surface area contributed by atoms with Crippen molar-refractivity contribution in [3.8, 4) is 5.75 Å². The summed E-state index contributed by atoms with van der Waals surface area (Å²) >= 11 is 1.59. The van der Waals surface area contributed by atoms with Crippen molar-refractivity contribution < 1.29 is 14.3 Å². The Hall–Kier alpha value is -2.34. The molecule has 122 valence electrons. The Balaban J connectivity index is 1.91. The maximum absolute atomic E-state index is 12.0. The summed E-state index contributed by atoms with van der Waals surface area (Å²) in [6.45, 7) is 6.69. The van der Waals surface area contributed by atoms with Crippen molar-refractivity contribution >= 4 is 28.8 Å². The van der Waals surface area contributed by atoms with Crippen LogP contribution in [0.15, 0.2) is 30.3 Å². The van der Waals surface area contributed by atoms with Gasteiger partial charge in [-0.05, 0) is 56.7 Å². The van der Waals surface area contributed by atoms with Crippen molar-refractivity contribution in [2.24, 2.45) is 0 Å². The van der Waals surface area contributed by atoms with Gasteiger partial charge in [0.25, 0.3) is 0 Å². The Labute approximate surface area is 139 Å². The van der Waals surface area contributed by atoms with E-state index < -0.39 is 11.8 Å². The zero-order valence-electron chi connectivity index (χ0n) is 13.4. The van der Waals surface area contributed by atoms with Gasteiger partial charge in [-0.25, -0.2) is 0 Å². The number of amides is 2. The molecule has 1 heterocycles. The number of hydrogen-bond acceptors (Lipinski definition) is 4. The third-order valence-electron chi connectivity index (χ3n) is 3.18. The van der Waals surface area contributed by atoms with Crippen LogP contribution in [0.2, 0.25) is 0 Å². The normalized spacial score (nSPS) is 10.2. The maximum Gasteiger partial charge on any atom is 0.313 e. The van der Waals surface area contributed by atoms with Crippen LogP contribution in [0.25, 0.3) is 0 Å². The summed E-state index contributed by atoms with van der Waals surface area (Å²) in [5.41, 5.74) is 1.44. The van der Waals surface area contributed by atoms with Gasteiger partial charge in [0.15, 0.2) is 0 Å². The summed E-state index contributed by atoms with van der Waals surface area (Å²) in [7, 11) is 0. The van der Waals surface area contributed by atoms with Crippen LogP contribution in [-0.4, -0.2) is 18.4 Å². The molecule has 2 rings (SSSR count). The molecule has 6 heteroatoms. The van der Waals surface area contributed by atoms with Crippen molar-refractivity contribution in [2.75, 3.05) is 11.9 Å². The van der Waals surface area contributed by atoms with E-state index in [1.807, 2.05) is 39.0 Å². The first-order valence-electron chi connectivity index (χ1n) is 7.37. The fourth-order valence-electron chi connectivity index (χ4n) is 2.04. The predicted octanol–water partition coefficient (Wildman–Crippen LogP) is 3.02. The van der Waals surface area contributed by atoms with E-state index in [0.29, 0.717) is 18.8 Å². The Kier molecular flexibility index (Phi) is 5.76. The molecule has 0 saturated heterocycles. The second-order valence-electron chi connectivity index (χ2n) is 5.06. The number of nitrogens with one attached hydrogen (secondary N) is 2. The molecule has 5 nitrogen and oxygen atoms in total. The van der Waals surface area contributed by atoms with E-state index in [-0.39, 0.29) is 0 Å². The van der Waals surface area contributed by atoms with Crippen LogP contribution >= 0.6 is 11.3 Å². The Morgan fingerprint density at radius 1 is 1.13 bits per heavy atom. The van der Waals surface area contributed by atoms with Crippen molar-refractivity contribution in [3.63, 3.8) is 0 Å². The molecular formula is C17H20N2O3S. The summed E-state index contributed by atoms with van der Waals surface area (Å²) in [5.74, 6) is -0.588. The van der Waals surface area contributed by atoms with Crippen LogP contribution in [0.1, 0.15) is 22.2 Å². The molecule has 1 aromatic heterocycles. The van der Waals surface area contributed by atoms with E-state index in [1.54, 1.807) is 23.5 Å². The average molecular weight is 332 g/mol. The number of benzene rings is 1. The van der Waals surface area contributed by atoms with Gasteiger partial charge in [0.05, 0.1) is 13.2 Å². The first-order chi connectivity index (χ1) is 11.0. The average Bonchev–Trinajstić information content (AvgIpc) is 2.93.